The van der Waals surface area contributed by atoms with Gasteiger partial charge in [0.25, 0.3) is 5.69 Å². The number of halogens is 1. The molecule has 0 radical (unpaired) electrons. The van der Waals surface area contributed by atoms with Crippen molar-refractivity contribution in [2.75, 3.05) is 0 Å². The quantitative estimate of drug-likeness (QED) is 0.239. The number of aromatic hydroxyl groups is 1. The maximum atomic E-state index is 11.4. The fraction of sp³-hybridized carbons (Fsp3) is 0.0556. The molecule has 3 rings (SSSR count). The molecule has 0 spiro atoms. The minimum Gasteiger partial charge on any atom is -0.507 e. The van der Waals surface area contributed by atoms with Gasteiger partial charge in [-0.1, -0.05) is 28.1 Å². The molecule has 0 unspecified atom stereocenters. The number of nitro groups is 1. The van der Waals surface area contributed by atoms with Gasteiger partial charge in [0.15, 0.2) is 11.0 Å². The van der Waals surface area contributed by atoms with Crippen LogP contribution in [0, 0.1) is 10.1 Å². The Balaban J connectivity index is 2.08. The maximum absolute atomic E-state index is 11.4. The van der Waals surface area contributed by atoms with E-state index in [-0.39, 0.29) is 17.0 Å². The molecule has 0 fully saturated rings. The lowest BCUT2D eigenvalue weighted by Crippen LogP contribution is -2.01. The van der Waals surface area contributed by atoms with Gasteiger partial charge in [0.05, 0.1) is 15.4 Å². The highest BCUT2D eigenvalue weighted by atomic mass is 79.9. The third-order valence-corrected chi connectivity index (χ3v) is 5.29. The van der Waals surface area contributed by atoms with Gasteiger partial charge < -0.3 is 5.11 Å². The van der Waals surface area contributed by atoms with Gasteiger partial charge in [0, 0.05) is 22.6 Å². The summed E-state index contributed by atoms with van der Waals surface area (Å²) in [5.41, 5.74) is 0.472. The van der Waals surface area contributed by atoms with Gasteiger partial charge in [-0.2, -0.15) is 0 Å². The molecule has 0 amide bonds. The smallest absolute Gasteiger partial charge is 0.284 e. The molecule has 0 saturated heterocycles. The number of nitro benzene ring substituents is 1. The van der Waals surface area contributed by atoms with Crippen molar-refractivity contribution in [3.63, 3.8) is 0 Å². The van der Waals surface area contributed by atoms with Gasteiger partial charge in [-0.3, -0.25) is 19.5 Å². The van der Waals surface area contributed by atoms with Crippen LogP contribution in [0.1, 0.15) is 10.4 Å². The molecule has 2 aromatic carbocycles. The zero-order valence-corrected chi connectivity index (χ0v) is 16.7. The van der Waals surface area contributed by atoms with Crippen LogP contribution in [-0.4, -0.2) is 31.1 Å². The Morgan fingerprint density at radius 1 is 1.29 bits per heavy atom. The Morgan fingerprint density at radius 2 is 2.07 bits per heavy atom. The van der Waals surface area contributed by atoms with Crippen molar-refractivity contribution in [1.29, 1.82) is 0 Å². The Morgan fingerprint density at radius 3 is 2.75 bits per heavy atom. The molecule has 1 aromatic heterocycles. The number of rotatable bonds is 7. The number of phenols is 1. The molecule has 1 N–H and O–H groups in total. The van der Waals surface area contributed by atoms with Crippen LogP contribution < -0.4 is 0 Å². The van der Waals surface area contributed by atoms with Crippen LogP contribution in [0.5, 0.6) is 5.75 Å². The zero-order valence-electron chi connectivity index (χ0n) is 14.3. The molecular weight excluding hydrogens is 448 g/mol. The number of phenolic OH excluding ortho intramolecular Hbond substituents is 1. The highest BCUT2D eigenvalue weighted by molar-refractivity contribution is 9.10. The molecule has 142 valence electrons. The van der Waals surface area contributed by atoms with Crippen molar-refractivity contribution in [3.05, 3.63) is 69.2 Å². The van der Waals surface area contributed by atoms with Gasteiger partial charge in [0.2, 0.25) is 0 Å². The zero-order chi connectivity index (χ0) is 20.3. The largest absolute Gasteiger partial charge is 0.507 e. The summed E-state index contributed by atoms with van der Waals surface area (Å²) in [5.74, 6) is 0.423. The van der Waals surface area contributed by atoms with E-state index in [2.05, 4.69) is 32.7 Å². The molecule has 0 aliphatic heterocycles. The first-order valence-corrected chi connectivity index (χ1v) is 9.50. The molecule has 0 aliphatic carbocycles. The van der Waals surface area contributed by atoms with Crippen molar-refractivity contribution in [1.82, 2.24) is 14.8 Å². The summed E-state index contributed by atoms with van der Waals surface area (Å²) in [6.07, 6.45) is 2.19. The normalized spacial score (nSPS) is 10.6. The van der Waals surface area contributed by atoms with E-state index in [1.165, 1.54) is 24.3 Å². The van der Waals surface area contributed by atoms with Crippen LogP contribution in [0.2, 0.25) is 0 Å². The molecule has 0 saturated carbocycles. The second-order valence-corrected chi connectivity index (χ2v) is 7.50. The van der Waals surface area contributed by atoms with E-state index in [1.54, 1.807) is 22.8 Å². The summed E-state index contributed by atoms with van der Waals surface area (Å²) in [5, 5.41) is 30.2. The number of carbonyl (C=O) groups excluding carboxylic acids is 1. The SMILES string of the molecule is C=CCn1c(Sc2ccc(C=O)cc2[N+](=O)[O-])nnc1-c1cc(Br)ccc1O. The van der Waals surface area contributed by atoms with Gasteiger partial charge in [-0.05, 0) is 36.0 Å². The van der Waals surface area contributed by atoms with E-state index in [4.69, 9.17) is 0 Å². The topological polar surface area (TPSA) is 111 Å². The summed E-state index contributed by atoms with van der Waals surface area (Å²) in [7, 11) is 0. The third kappa shape index (κ3) is 3.97. The maximum Gasteiger partial charge on any atom is 0.284 e. The van der Waals surface area contributed by atoms with Gasteiger partial charge in [0.1, 0.15) is 12.0 Å². The number of aromatic nitrogens is 3. The number of nitrogens with zero attached hydrogens (tertiary/aromatic N) is 4. The monoisotopic (exact) mass is 460 g/mol. The average Bonchev–Trinajstić information content (AvgIpc) is 3.06. The van der Waals surface area contributed by atoms with Crippen molar-refractivity contribution < 1.29 is 14.8 Å². The first-order valence-electron chi connectivity index (χ1n) is 7.89. The van der Waals surface area contributed by atoms with Crippen LogP contribution in [0.25, 0.3) is 11.4 Å². The number of allylic oxidation sites excluding steroid dienone is 1. The van der Waals surface area contributed by atoms with E-state index < -0.39 is 4.92 Å². The minimum atomic E-state index is -0.551. The Kier molecular flexibility index (Phi) is 5.90. The number of benzene rings is 2. The predicted octanol–water partition coefficient (Wildman–Crippen LogP) is 4.47. The molecule has 0 aliphatic rings. The van der Waals surface area contributed by atoms with Crippen molar-refractivity contribution in [2.45, 2.75) is 16.6 Å². The van der Waals surface area contributed by atoms with Crippen molar-refractivity contribution >= 4 is 39.7 Å². The predicted molar refractivity (Wildman–Crippen MR) is 108 cm³/mol. The fourth-order valence-corrected chi connectivity index (χ4v) is 3.76. The lowest BCUT2D eigenvalue weighted by Gasteiger charge is -2.09. The second kappa shape index (κ2) is 8.36. The number of carbonyl (C=O) groups is 1. The first kappa shape index (κ1) is 19.8. The lowest BCUT2D eigenvalue weighted by atomic mass is 10.2. The van der Waals surface area contributed by atoms with E-state index in [1.807, 2.05) is 0 Å². The van der Waals surface area contributed by atoms with Gasteiger partial charge >= 0.3 is 0 Å². The standard InChI is InChI=1S/C18H13BrN4O4S/c1-2-7-22-17(13-9-12(19)4-5-15(13)25)20-21-18(22)28-16-6-3-11(10-24)8-14(16)23(26)27/h2-6,8-10,25H,1,7H2. The summed E-state index contributed by atoms with van der Waals surface area (Å²) < 4.78 is 2.44. The Labute approximate surface area is 172 Å². The van der Waals surface area contributed by atoms with Crippen LogP contribution >= 0.6 is 27.7 Å². The molecule has 8 nitrogen and oxygen atoms in total. The minimum absolute atomic E-state index is 0.0266. The number of aldehydes is 1. The van der Waals surface area contributed by atoms with E-state index in [0.717, 1.165) is 16.2 Å². The fourth-order valence-electron chi connectivity index (χ4n) is 2.48. The van der Waals surface area contributed by atoms with E-state index in [0.29, 0.717) is 34.3 Å². The number of hydrogen-bond acceptors (Lipinski definition) is 7. The molecule has 3 aromatic rings. The second-order valence-electron chi connectivity index (χ2n) is 5.57. The lowest BCUT2D eigenvalue weighted by molar-refractivity contribution is -0.387. The van der Waals surface area contributed by atoms with Crippen LogP contribution in [0.4, 0.5) is 5.69 Å². The Hall–Kier alpha value is -2.98. The molecule has 0 bridgehead atoms. The van der Waals surface area contributed by atoms with Crippen LogP contribution in [0.3, 0.4) is 0 Å². The summed E-state index contributed by atoms with van der Waals surface area (Å²) in [4.78, 5) is 22.1. The van der Waals surface area contributed by atoms with Crippen LogP contribution in [0.15, 0.2) is 63.6 Å². The average molecular weight is 461 g/mol. The van der Waals surface area contributed by atoms with Crippen LogP contribution in [-0.2, 0) is 6.54 Å². The van der Waals surface area contributed by atoms with Gasteiger partial charge in [-0.15, -0.1) is 16.8 Å². The molecule has 28 heavy (non-hydrogen) atoms. The first-order chi connectivity index (χ1) is 13.4. The molecule has 10 heteroatoms. The summed E-state index contributed by atoms with van der Waals surface area (Å²) in [6.45, 7) is 4.05. The Bertz CT molecular complexity index is 1080. The van der Waals surface area contributed by atoms with Crippen molar-refractivity contribution in [3.8, 4) is 17.1 Å². The molecule has 1 heterocycles. The third-order valence-electron chi connectivity index (χ3n) is 3.75. The highest BCUT2D eigenvalue weighted by Gasteiger charge is 2.21. The molecular formula is C18H13BrN4O4S. The highest BCUT2D eigenvalue weighted by Crippen LogP contribution is 2.37. The number of hydrogen-bond donors (Lipinski definition) is 1. The van der Waals surface area contributed by atoms with E-state index in [9.17, 15) is 20.0 Å². The summed E-state index contributed by atoms with van der Waals surface area (Å²) in [6, 6.07) is 9.13. The van der Waals surface area contributed by atoms with E-state index >= 15 is 0 Å². The molecule has 0 atom stereocenters. The summed E-state index contributed by atoms with van der Waals surface area (Å²) >= 11 is 4.40. The van der Waals surface area contributed by atoms with Crippen molar-refractivity contribution in [2.24, 2.45) is 0 Å². The van der Waals surface area contributed by atoms with Gasteiger partial charge in [-0.25, -0.2) is 0 Å².